The minimum atomic E-state index is -0.557. The minimum Gasteiger partial charge on any atom is -0.476 e. The number of nitro groups is 1. The minimum absolute atomic E-state index is 0.0470. The van der Waals surface area contributed by atoms with Crippen molar-refractivity contribution >= 4 is 5.69 Å². The molecule has 0 N–H and O–H groups in total. The summed E-state index contributed by atoms with van der Waals surface area (Å²) in [7, 11) is 2.85. The Kier molecular flexibility index (Phi) is 4.24. The fraction of sp³-hybridized carbons (Fsp3) is 0.300. The maximum Gasteiger partial charge on any atom is 0.331 e. The summed E-state index contributed by atoms with van der Waals surface area (Å²) in [5, 5.41) is 10.6. The average molecular weight is 222 g/mol. The zero-order valence-corrected chi connectivity index (χ0v) is 8.89. The van der Waals surface area contributed by atoms with E-state index in [2.05, 4.69) is 16.8 Å². The predicted molar refractivity (Wildman–Crippen MR) is 56.2 cm³/mol. The number of hydrogen-bond donors (Lipinski definition) is 0. The Hall–Kier alpha value is -2.13. The van der Waals surface area contributed by atoms with Crippen LogP contribution in [0.1, 0.15) is 5.69 Å². The van der Waals surface area contributed by atoms with E-state index in [9.17, 15) is 10.1 Å². The lowest BCUT2D eigenvalue weighted by Crippen LogP contribution is -1.97. The van der Waals surface area contributed by atoms with Gasteiger partial charge < -0.3 is 9.47 Å². The Labute approximate surface area is 92.4 Å². The van der Waals surface area contributed by atoms with Crippen molar-refractivity contribution in [3.8, 4) is 17.7 Å². The first-order valence-corrected chi connectivity index (χ1v) is 4.36. The molecule has 0 fully saturated rings. The van der Waals surface area contributed by atoms with E-state index < -0.39 is 4.92 Å². The van der Waals surface area contributed by atoms with Crippen molar-refractivity contribution in [3.63, 3.8) is 0 Å². The SMILES string of the molecule is COCC#Cc1ccc([N+](=O)[O-])c(OC)n1. The molecule has 1 aromatic heterocycles. The first-order chi connectivity index (χ1) is 7.69. The third kappa shape index (κ3) is 2.93. The molecule has 0 aliphatic rings. The Balaban J connectivity index is 3.01. The van der Waals surface area contributed by atoms with E-state index in [-0.39, 0.29) is 18.2 Å². The van der Waals surface area contributed by atoms with Gasteiger partial charge in [0.05, 0.1) is 12.0 Å². The zero-order chi connectivity index (χ0) is 12.0. The van der Waals surface area contributed by atoms with Crippen LogP contribution in [0, 0.1) is 22.0 Å². The highest BCUT2D eigenvalue weighted by atomic mass is 16.6. The summed E-state index contributed by atoms with van der Waals surface area (Å²) in [6.45, 7) is 0.279. The van der Waals surface area contributed by atoms with E-state index >= 15 is 0 Å². The smallest absolute Gasteiger partial charge is 0.331 e. The van der Waals surface area contributed by atoms with Crippen molar-refractivity contribution in [2.75, 3.05) is 20.8 Å². The maximum atomic E-state index is 10.6. The standard InChI is InChI=1S/C10H10N2O4/c1-15-7-3-4-8-5-6-9(12(13)14)10(11-8)16-2/h5-6H,7H2,1-2H3. The molecule has 1 rings (SSSR count). The second-order valence-electron chi connectivity index (χ2n) is 2.72. The molecule has 0 unspecified atom stereocenters. The van der Waals surface area contributed by atoms with Gasteiger partial charge in [-0.05, 0) is 12.0 Å². The number of hydrogen-bond acceptors (Lipinski definition) is 5. The van der Waals surface area contributed by atoms with Gasteiger partial charge in [-0.25, -0.2) is 0 Å². The van der Waals surface area contributed by atoms with E-state index in [1.165, 1.54) is 26.4 Å². The maximum absolute atomic E-state index is 10.6. The van der Waals surface area contributed by atoms with Crippen molar-refractivity contribution in [1.82, 2.24) is 4.98 Å². The summed E-state index contributed by atoms with van der Waals surface area (Å²) >= 11 is 0. The Morgan fingerprint density at radius 3 is 2.81 bits per heavy atom. The summed E-state index contributed by atoms with van der Waals surface area (Å²) in [6.07, 6.45) is 0. The highest BCUT2D eigenvalue weighted by Crippen LogP contribution is 2.23. The van der Waals surface area contributed by atoms with Gasteiger partial charge in [0.15, 0.2) is 0 Å². The molecule has 0 saturated carbocycles. The van der Waals surface area contributed by atoms with Crippen LogP contribution >= 0.6 is 0 Å². The molecule has 0 aliphatic heterocycles. The third-order valence-electron chi connectivity index (χ3n) is 1.66. The fourth-order valence-electron chi connectivity index (χ4n) is 0.991. The Morgan fingerprint density at radius 2 is 2.25 bits per heavy atom. The summed E-state index contributed by atoms with van der Waals surface area (Å²) in [5.41, 5.74) is 0.222. The lowest BCUT2D eigenvalue weighted by atomic mass is 10.3. The third-order valence-corrected chi connectivity index (χ3v) is 1.66. The predicted octanol–water partition coefficient (Wildman–Crippen LogP) is 0.996. The van der Waals surface area contributed by atoms with E-state index in [1.54, 1.807) is 0 Å². The largest absolute Gasteiger partial charge is 0.476 e. The Bertz CT molecular complexity index is 448. The van der Waals surface area contributed by atoms with Crippen LogP contribution in [0.3, 0.4) is 0 Å². The van der Waals surface area contributed by atoms with Crippen LogP contribution in [0.2, 0.25) is 0 Å². The first kappa shape index (κ1) is 11.9. The molecule has 6 heteroatoms. The van der Waals surface area contributed by atoms with Gasteiger partial charge in [0.25, 0.3) is 5.88 Å². The number of rotatable bonds is 3. The quantitative estimate of drug-likeness (QED) is 0.433. The zero-order valence-electron chi connectivity index (χ0n) is 8.89. The van der Waals surface area contributed by atoms with Crippen molar-refractivity contribution in [2.45, 2.75) is 0 Å². The summed E-state index contributed by atoms with van der Waals surface area (Å²) in [5.74, 6) is 5.34. The van der Waals surface area contributed by atoms with E-state index in [1.807, 2.05) is 0 Å². The molecule has 84 valence electrons. The van der Waals surface area contributed by atoms with Gasteiger partial charge in [-0.15, -0.1) is 0 Å². The first-order valence-electron chi connectivity index (χ1n) is 4.36. The van der Waals surface area contributed by atoms with Crippen LogP contribution in [0.4, 0.5) is 5.69 Å². The van der Waals surface area contributed by atoms with Gasteiger partial charge in [0, 0.05) is 13.2 Å². The van der Waals surface area contributed by atoms with Gasteiger partial charge in [0.1, 0.15) is 12.3 Å². The molecule has 1 heterocycles. The molecule has 0 aromatic carbocycles. The second kappa shape index (κ2) is 5.68. The van der Waals surface area contributed by atoms with Crippen LogP contribution in [0.15, 0.2) is 12.1 Å². The van der Waals surface area contributed by atoms with Crippen molar-refractivity contribution in [1.29, 1.82) is 0 Å². The lowest BCUT2D eigenvalue weighted by molar-refractivity contribution is -0.386. The monoisotopic (exact) mass is 222 g/mol. The topological polar surface area (TPSA) is 74.5 Å². The van der Waals surface area contributed by atoms with E-state index in [4.69, 9.17) is 9.47 Å². The summed E-state index contributed by atoms with van der Waals surface area (Å²) in [6, 6.07) is 2.77. The van der Waals surface area contributed by atoms with Crippen LogP contribution in [0.5, 0.6) is 5.88 Å². The van der Waals surface area contributed by atoms with Gasteiger partial charge in [-0.2, -0.15) is 4.98 Å². The second-order valence-corrected chi connectivity index (χ2v) is 2.72. The molecule has 0 atom stereocenters. The van der Waals surface area contributed by atoms with Crippen LogP contribution in [-0.4, -0.2) is 30.7 Å². The van der Waals surface area contributed by atoms with Gasteiger partial charge in [-0.1, -0.05) is 5.92 Å². The molecular weight excluding hydrogens is 212 g/mol. The molecular formula is C10H10N2O4. The van der Waals surface area contributed by atoms with E-state index in [0.29, 0.717) is 5.69 Å². The summed E-state index contributed by atoms with van der Waals surface area (Å²) < 4.78 is 9.54. The normalized spacial score (nSPS) is 9.12. The molecule has 0 amide bonds. The highest BCUT2D eigenvalue weighted by molar-refractivity contribution is 5.44. The Morgan fingerprint density at radius 1 is 1.50 bits per heavy atom. The molecule has 6 nitrogen and oxygen atoms in total. The van der Waals surface area contributed by atoms with Crippen LogP contribution < -0.4 is 4.74 Å². The van der Waals surface area contributed by atoms with E-state index in [0.717, 1.165) is 0 Å². The molecule has 0 saturated heterocycles. The van der Waals surface area contributed by atoms with Crippen LogP contribution in [-0.2, 0) is 4.74 Å². The molecule has 0 spiro atoms. The fourth-order valence-corrected chi connectivity index (χ4v) is 0.991. The number of ether oxygens (including phenoxy) is 2. The summed E-state index contributed by atoms with van der Waals surface area (Å²) in [4.78, 5) is 13.9. The highest BCUT2D eigenvalue weighted by Gasteiger charge is 2.15. The average Bonchev–Trinajstić information content (AvgIpc) is 2.29. The van der Waals surface area contributed by atoms with Crippen molar-refractivity contribution in [3.05, 3.63) is 27.9 Å². The number of pyridine rings is 1. The molecule has 0 radical (unpaired) electrons. The number of methoxy groups -OCH3 is 2. The number of aromatic nitrogens is 1. The van der Waals surface area contributed by atoms with Gasteiger partial charge >= 0.3 is 5.69 Å². The number of nitrogens with zero attached hydrogens (tertiary/aromatic N) is 2. The lowest BCUT2D eigenvalue weighted by Gasteiger charge is -1.99. The van der Waals surface area contributed by atoms with Gasteiger partial charge in [-0.3, -0.25) is 10.1 Å². The molecule has 16 heavy (non-hydrogen) atoms. The molecule has 0 bridgehead atoms. The van der Waals surface area contributed by atoms with Crippen LogP contribution in [0.25, 0.3) is 0 Å². The molecule has 0 aliphatic carbocycles. The van der Waals surface area contributed by atoms with Crippen molar-refractivity contribution in [2.24, 2.45) is 0 Å². The van der Waals surface area contributed by atoms with Gasteiger partial charge in [0.2, 0.25) is 0 Å². The molecule has 1 aromatic rings. The van der Waals surface area contributed by atoms with Crippen molar-refractivity contribution < 1.29 is 14.4 Å².